The minimum absolute atomic E-state index is 0.0202. The monoisotopic (exact) mass is 337 g/mol. The fourth-order valence-electron chi connectivity index (χ4n) is 1.98. The summed E-state index contributed by atoms with van der Waals surface area (Å²) in [7, 11) is 0. The normalized spacial score (nSPS) is 12.3. The molecule has 3 nitrogen and oxygen atoms in total. The van der Waals surface area contributed by atoms with Crippen LogP contribution in [0, 0.1) is 5.82 Å². The Hall–Kier alpha value is -1.33. The van der Waals surface area contributed by atoms with Crippen LogP contribution in [0.2, 0.25) is 0 Å². The number of nitrogens with one attached hydrogen (secondary N) is 1. The van der Waals surface area contributed by atoms with Crippen molar-refractivity contribution in [3.63, 3.8) is 0 Å². The van der Waals surface area contributed by atoms with Crippen molar-refractivity contribution in [3.8, 4) is 0 Å². The first kappa shape index (κ1) is 15.1. The third-order valence-corrected chi connectivity index (χ3v) is 3.44. The van der Waals surface area contributed by atoms with E-state index in [1.807, 2.05) is 12.1 Å². The van der Waals surface area contributed by atoms with Crippen molar-refractivity contribution in [1.29, 1.82) is 0 Å². The third kappa shape index (κ3) is 4.35. The molecule has 2 aromatic rings. The Morgan fingerprint density at radius 3 is 2.80 bits per heavy atom. The van der Waals surface area contributed by atoms with Gasteiger partial charge in [-0.25, -0.2) is 4.39 Å². The van der Waals surface area contributed by atoms with Crippen LogP contribution in [0.1, 0.15) is 30.6 Å². The molecule has 0 radical (unpaired) electrons. The molecule has 1 atom stereocenters. The van der Waals surface area contributed by atoms with E-state index in [0.717, 1.165) is 28.7 Å². The van der Waals surface area contributed by atoms with Crippen LogP contribution in [0.5, 0.6) is 0 Å². The fraction of sp³-hybridized carbons (Fsp3) is 0.333. The molecule has 0 saturated carbocycles. The molecule has 0 aromatic carbocycles. The fourth-order valence-corrected chi connectivity index (χ4v) is 2.22. The van der Waals surface area contributed by atoms with E-state index < -0.39 is 0 Å². The van der Waals surface area contributed by atoms with Crippen LogP contribution in [-0.2, 0) is 6.42 Å². The number of aromatic nitrogens is 2. The van der Waals surface area contributed by atoms with E-state index in [1.165, 1.54) is 12.3 Å². The molecule has 2 rings (SSSR count). The van der Waals surface area contributed by atoms with Gasteiger partial charge >= 0.3 is 0 Å². The molecule has 20 heavy (non-hydrogen) atoms. The molecule has 0 spiro atoms. The Labute approximate surface area is 126 Å². The first-order chi connectivity index (χ1) is 9.69. The van der Waals surface area contributed by atoms with Gasteiger partial charge in [-0.2, -0.15) is 0 Å². The Balaban J connectivity index is 2.16. The van der Waals surface area contributed by atoms with Crippen LogP contribution in [-0.4, -0.2) is 16.5 Å². The summed E-state index contributed by atoms with van der Waals surface area (Å²) in [6.07, 6.45) is 6.43. The van der Waals surface area contributed by atoms with Crippen LogP contribution < -0.4 is 5.32 Å². The molecular weight excluding hydrogens is 321 g/mol. The second-order valence-corrected chi connectivity index (χ2v) is 5.53. The molecule has 0 saturated heterocycles. The van der Waals surface area contributed by atoms with Crippen LogP contribution in [0.4, 0.5) is 4.39 Å². The summed E-state index contributed by atoms with van der Waals surface area (Å²) in [5.74, 6) is -0.311. The van der Waals surface area contributed by atoms with Crippen LogP contribution in [0.3, 0.4) is 0 Å². The summed E-state index contributed by atoms with van der Waals surface area (Å²) in [6, 6.07) is 5.48. The topological polar surface area (TPSA) is 37.8 Å². The molecule has 0 bridgehead atoms. The smallest absolute Gasteiger partial charge is 0.141 e. The van der Waals surface area contributed by atoms with Crippen molar-refractivity contribution < 1.29 is 4.39 Å². The molecule has 2 heterocycles. The van der Waals surface area contributed by atoms with Gasteiger partial charge in [0.25, 0.3) is 0 Å². The molecule has 0 aliphatic heterocycles. The zero-order valence-electron chi connectivity index (χ0n) is 11.3. The first-order valence-electron chi connectivity index (χ1n) is 6.63. The average Bonchev–Trinajstić information content (AvgIpc) is 2.45. The largest absolute Gasteiger partial charge is 0.310 e. The Kier molecular flexibility index (Phi) is 5.61. The van der Waals surface area contributed by atoms with Gasteiger partial charge < -0.3 is 5.32 Å². The number of nitrogens with zero attached hydrogens (tertiary/aromatic N) is 2. The van der Waals surface area contributed by atoms with E-state index >= 15 is 0 Å². The Morgan fingerprint density at radius 2 is 2.15 bits per heavy atom. The Morgan fingerprint density at radius 1 is 1.30 bits per heavy atom. The zero-order valence-corrected chi connectivity index (χ0v) is 12.9. The quantitative estimate of drug-likeness (QED) is 0.873. The van der Waals surface area contributed by atoms with Crippen LogP contribution in [0.25, 0.3) is 0 Å². The van der Waals surface area contributed by atoms with E-state index in [2.05, 4.69) is 38.1 Å². The van der Waals surface area contributed by atoms with Gasteiger partial charge in [-0.1, -0.05) is 6.92 Å². The lowest BCUT2D eigenvalue weighted by molar-refractivity contribution is 0.517. The second kappa shape index (κ2) is 7.45. The van der Waals surface area contributed by atoms with Crippen molar-refractivity contribution in [1.82, 2.24) is 15.3 Å². The lowest BCUT2D eigenvalue weighted by Crippen LogP contribution is -2.24. The molecular formula is C15H17BrFN3. The van der Waals surface area contributed by atoms with Crippen molar-refractivity contribution >= 4 is 15.9 Å². The number of halogens is 2. The molecule has 0 aliphatic rings. The van der Waals surface area contributed by atoms with Crippen molar-refractivity contribution in [2.24, 2.45) is 0 Å². The number of hydrogen-bond acceptors (Lipinski definition) is 3. The van der Waals surface area contributed by atoms with E-state index in [4.69, 9.17) is 0 Å². The predicted molar refractivity (Wildman–Crippen MR) is 80.9 cm³/mol. The molecule has 0 aliphatic carbocycles. The molecule has 2 aromatic heterocycles. The summed E-state index contributed by atoms with van der Waals surface area (Å²) < 4.78 is 14.3. The lowest BCUT2D eigenvalue weighted by atomic mass is 10.0. The van der Waals surface area contributed by atoms with Crippen molar-refractivity contribution in [3.05, 3.63) is 58.3 Å². The number of hydrogen-bond donors (Lipinski definition) is 1. The predicted octanol–water partition coefficient (Wildman–Crippen LogP) is 3.66. The van der Waals surface area contributed by atoms with E-state index in [9.17, 15) is 4.39 Å². The maximum Gasteiger partial charge on any atom is 0.141 e. The first-order valence-corrected chi connectivity index (χ1v) is 7.42. The van der Waals surface area contributed by atoms with E-state index in [0.29, 0.717) is 6.42 Å². The van der Waals surface area contributed by atoms with Gasteiger partial charge in [0, 0.05) is 35.0 Å². The highest BCUT2D eigenvalue weighted by atomic mass is 79.9. The molecule has 0 amide bonds. The highest BCUT2D eigenvalue weighted by Gasteiger charge is 2.13. The molecule has 1 unspecified atom stereocenters. The van der Waals surface area contributed by atoms with E-state index in [1.54, 1.807) is 12.4 Å². The lowest BCUT2D eigenvalue weighted by Gasteiger charge is -2.18. The van der Waals surface area contributed by atoms with Gasteiger partial charge in [0.2, 0.25) is 0 Å². The second-order valence-electron chi connectivity index (χ2n) is 4.62. The van der Waals surface area contributed by atoms with Gasteiger partial charge in [0.1, 0.15) is 5.82 Å². The highest BCUT2D eigenvalue weighted by Crippen LogP contribution is 2.18. The number of rotatable bonds is 6. The van der Waals surface area contributed by atoms with Gasteiger partial charge in [0.05, 0.1) is 6.20 Å². The third-order valence-electron chi connectivity index (χ3n) is 2.97. The molecule has 106 valence electrons. The average molecular weight is 338 g/mol. The van der Waals surface area contributed by atoms with Gasteiger partial charge in [0.15, 0.2) is 0 Å². The SMILES string of the molecule is CCCNC(Cc1ccc(Br)cn1)c1cncc(F)c1. The minimum Gasteiger partial charge on any atom is -0.310 e. The molecule has 1 N–H and O–H groups in total. The summed E-state index contributed by atoms with van der Waals surface area (Å²) in [6.45, 7) is 2.98. The summed E-state index contributed by atoms with van der Waals surface area (Å²) in [5.41, 5.74) is 1.81. The molecule has 0 fully saturated rings. The minimum atomic E-state index is -0.311. The van der Waals surface area contributed by atoms with E-state index in [-0.39, 0.29) is 11.9 Å². The van der Waals surface area contributed by atoms with Crippen molar-refractivity contribution in [2.45, 2.75) is 25.8 Å². The van der Waals surface area contributed by atoms with Gasteiger partial charge in [-0.3, -0.25) is 9.97 Å². The Bertz CT molecular complexity index is 545. The highest BCUT2D eigenvalue weighted by molar-refractivity contribution is 9.10. The maximum atomic E-state index is 13.3. The maximum absolute atomic E-state index is 13.3. The van der Waals surface area contributed by atoms with Crippen LogP contribution in [0.15, 0.2) is 41.3 Å². The summed E-state index contributed by atoms with van der Waals surface area (Å²) >= 11 is 3.37. The zero-order chi connectivity index (χ0) is 14.4. The molecule has 5 heteroatoms. The standard InChI is InChI=1S/C15H17BrFN3/c1-2-5-19-15(11-6-13(17)10-18-8-11)7-14-4-3-12(16)9-20-14/h3-4,6,8-10,15,19H,2,5,7H2,1H3. The summed E-state index contributed by atoms with van der Waals surface area (Å²) in [5, 5.41) is 3.42. The number of pyridine rings is 2. The van der Waals surface area contributed by atoms with Gasteiger partial charge in [-0.05, 0) is 52.7 Å². The van der Waals surface area contributed by atoms with Gasteiger partial charge in [-0.15, -0.1) is 0 Å². The summed E-state index contributed by atoms with van der Waals surface area (Å²) in [4.78, 5) is 8.30. The van der Waals surface area contributed by atoms with Crippen LogP contribution >= 0.6 is 15.9 Å². The van der Waals surface area contributed by atoms with Crippen molar-refractivity contribution in [2.75, 3.05) is 6.54 Å².